The van der Waals surface area contributed by atoms with Crippen LogP contribution in [-0.4, -0.2) is 82.1 Å². The fraction of sp³-hybridized carbons (Fsp3) is 0.370. The van der Waals surface area contributed by atoms with E-state index in [1.54, 1.807) is 36.4 Å². The van der Waals surface area contributed by atoms with E-state index in [9.17, 15) is 9.59 Å². The molecule has 0 unspecified atom stereocenters. The van der Waals surface area contributed by atoms with E-state index in [0.29, 0.717) is 48.8 Å². The van der Waals surface area contributed by atoms with Gasteiger partial charge in [0.2, 0.25) is 0 Å². The van der Waals surface area contributed by atoms with Crippen molar-refractivity contribution < 1.29 is 24.5 Å². The van der Waals surface area contributed by atoms with Gasteiger partial charge in [-0.25, -0.2) is 4.68 Å². The maximum atomic E-state index is 13.3. The highest BCUT2D eigenvalue weighted by Gasteiger charge is 2.25. The van der Waals surface area contributed by atoms with E-state index >= 15 is 0 Å². The molecule has 0 radical (unpaired) electrons. The Hall–Kier alpha value is -3.73. The topological polar surface area (TPSA) is 143 Å². The molecule has 2 aromatic carbocycles. The minimum atomic E-state index is -0.295. The molecule has 196 valence electrons. The van der Waals surface area contributed by atoms with Crippen molar-refractivity contribution in [3.05, 3.63) is 70.9 Å². The van der Waals surface area contributed by atoms with Crippen LogP contribution in [-0.2, 0) is 0 Å². The van der Waals surface area contributed by atoms with Gasteiger partial charge in [-0.2, -0.15) is 5.10 Å². The zero-order valence-corrected chi connectivity index (χ0v) is 20.9. The van der Waals surface area contributed by atoms with Crippen LogP contribution in [0.3, 0.4) is 0 Å². The molecule has 5 N–H and O–H groups in total. The first-order valence-corrected chi connectivity index (χ1v) is 12.4. The van der Waals surface area contributed by atoms with E-state index in [1.807, 2.05) is 17.9 Å². The molecule has 0 saturated heterocycles. The molecule has 1 aromatic heterocycles. The van der Waals surface area contributed by atoms with Gasteiger partial charge in [0.15, 0.2) is 5.78 Å². The number of aromatic nitrogens is 2. The highest BCUT2D eigenvalue weighted by atomic mass is 16.5. The Labute approximate surface area is 215 Å². The predicted molar refractivity (Wildman–Crippen MR) is 139 cm³/mol. The summed E-state index contributed by atoms with van der Waals surface area (Å²) in [4.78, 5) is 27.7. The molecule has 1 heterocycles. The van der Waals surface area contributed by atoms with E-state index in [0.717, 1.165) is 18.4 Å². The number of aliphatic hydroxyl groups excluding tert-OH is 2. The molecule has 1 aliphatic carbocycles. The largest absolute Gasteiger partial charge is 0.492 e. The van der Waals surface area contributed by atoms with Crippen LogP contribution in [0.2, 0.25) is 0 Å². The summed E-state index contributed by atoms with van der Waals surface area (Å²) in [5.41, 5.74) is 9.03. The lowest BCUT2D eigenvalue weighted by atomic mass is 10.1. The molecule has 0 bridgehead atoms. The normalized spacial score (nSPS) is 13.1. The van der Waals surface area contributed by atoms with Crippen molar-refractivity contribution in [2.45, 2.75) is 25.8 Å². The number of nitrogen functional groups attached to an aromatic ring is 1. The van der Waals surface area contributed by atoms with Crippen molar-refractivity contribution >= 4 is 17.5 Å². The molecule has 1 fully saturated rings. The number of aliphatic hydroxyl groups is 2. The van der Waals surface area contributed by atoms with Gasteiger partial charge in [-0.1, -0.05) is 18.2 Å². The smallest absolute Gasteiger partial charge is 0.251 e. The molecule has 3 aromatic rings. The first kappa shape index (κ1) is 26.3. The zero-order valence-electron chi connectivity index (χ0n) is 20.9. The number of ketones is 1. The molecular formula is C27H33N5O5. The summed E-state index contributed by atoms with van der Waals surface area (Å²) in [6.07, 6.45) is 3.43. The first-order chi connectivity index (χ1) is 17.9. The lowest BCUT2D eigenvalue weighted by molar-refractivity contribution is 0.0950. The van der Waals surface area contributed by atoms with Gasteiger partial charge in [0, 0.05) is 36.8 Å². The molecule has 0 aliphatic heterocycles. The summed E-state index contributed by atoms with van der Waals surface area (Å²) in [5.74, 6) is 0.271. The standard InChI is InChI=1S/C27H33N5O5/c1-18-5-6-20(27(36)30-21-7-8-21)16-24(18)32-26(28)23(17-29-32)25(35)19-3-2-4-22(15-19)37-14-11-31(9-12-33)10-13-34/h2-6,15-17,21,33-34H,7-14,28H2,1H3,(H,30,36). The molecule has 10 nitrogen and oxygen atoms in total. The van der Waals surface area contributed by atoms with Crippen LogP contribution in [0.5, 0.6) is 5.75 Å². The quantitative estimate of drug-likeness (QED) is 0.255. The Kier molecular flexibility index (Phi) is 8.54. The van der Waals surface area contributed by atoms with Crippen molar-refractivity contribution in [3.8, 4) is 11.4 Å². The van der Waals surface area contributed by atoms with Gasteiger partial charge < -0.3 is 26.0 Å². The van der Waals surface area contributed by atoms with Crippen molar-refractivity contribution in [2.24, 2.45) is 0 Å². The Morgan fingerprint density at radius 3 is 2.57 bits per heavy atom. The fourth-order valence-electron chi connectivity index (χ4n) is 3.99. The van der Waals surface area contributed by atoms with Gasteiger partial charge in [-0.3, -0.25) is 14.5 Å². The van der Waals surface area contributed by atoms with Crippen LogP contribution < -0.4 is 15.8 Å². The first-order valence-electron chi connectivity index (χ1n) is 12.4. The number of rotatable bonds is 13. The second-order valence-corrected chi connectivity index (χ2v) is 9.10. The minimum Gasteiger partial charge on any atom is -0.492 e. The summed E-state index contributed by atoms with van der Waals surface area (Å²) in [6, 6.07) is 12.4. The van der Waals surface area contributed by atoms with Gasteiger partial charge in [0.05, 0.1) is 30.7 Å². The van der Waals surface area contributed by atoms with E-state index in [1.165, 1.54) is 10.9 Å². The molecule has 0 spiro atoms. The van der Waals surface area contributed by atoms with Gasteiger partial charge in [0.25, 0.3) is 5.91 Å². The van der Waals surface area contributed by atoms with Crippen LogP contribution in [0.25, 0.3) is 5.69 Å². The summed E-state index contributed by atoms with van der Waals surface area (Å²) >= 11 is 0. The van der Waals surface area contributed by atoms with Gasteiger partial charge in [-0.05, 0) is 49.6 Å². The third kappa shape index (κ3) is 6.53. The number of nitrogens with two attached hydrogens (primary N) is 1. The van der Waals surface area contributed by atoms with E-state index in [4.69, 9.17) is 20.7 Å². The van der Waals surface area contributed by atoms with Gasteiger partial charge in [-0.15, -0.1) is 0 Å². The number of aryl methyl sites for hydroxylation is 1. The zero-order chi connectivity index (χ0) is 26.4. The molecular weight excluding hydrogens is 474 g/mol. The number of benzene rings is 2. The molecule has 4 rings (SSSR count). The van der Waals surface area contributed by atoms with E-state index in [2.05, 4.69) is 10.4 Å². The Morgan fingerprint density at radius 2 is 1.86 bits per heavy atom. The van der Waals surface area contributed by atoms with Crippen LogP contribution in [0, 0.1) is 6.92 Å². The van der Waals surface area contributed by atoms with Crippen molar-refractivity contribution in [2.75, 3.05) is 45.2 Å². The average molecular weight is 508 g/mol. The molecule has 10 heteroatoms. The number of carbonyl (C=O) groups is 2. The monoisotopic (exact) mass is 507 g/mol. The second kappa shape index (κ2) is 12.0. The molecule has 0 atom stereocenters. The number of nitrogens with one attached hydrogen (secondary N) is 1. The van der Waals surface area contributed by atoms with Crippen LogP contribution in [0.15, 0.2) is 48.7 Å². The third-order valence-electron chi connectivity index (χ3n) is 6.27. The number of nitrogens with zero attached hydrogens (tertiary/aromatic N) is 3. The third-order valence-corrected chi connectivity index (χ3v) is 6.27. The van der Waals surface area contributed by atoms with E-state index in [-0.39, 0.29) is 42.3 Å². The fourth-order valence-corrected chi connectivity index (χ4v) is 3.99. The van der Waals surface area contributed by atoms with Gasteiger partial charge >= 0.3 is 0 Å². The van der Waals surface area contributed by atoms with Gasteiger partial charge in [0.1, 0.15) is 18.2 Å². The number of ether oxygens (including phenoxy) is 1. The Balaban J connectivity index is 1.48. The van der Waals surface area contributed by atoms with Crippen molar-refractivity contribution in [3.63, 3.8) is 0 Å². The SMILES string of the molecule is Cc1ccc(C(=O)NC2CC2)cc1-n1ncc(C(=O)c2cccc(OCCN(CCO)CCO)c2)c1N. The summed E-state index contributed by atoms with van der Waals surface area (Å²) in [5, 5.41) is 25.6. The highest BCUT2D eigenvalue weighted by molar-refractivity contribution is 6.11. The number of amides is 1. The molecule has 1 aliphatic rings. The number of anilines is 1. The average Bonchev–Trinajstić information content (AvgIpc) is 3.63. The number of carbonyl (C=O) groups excluding carboxylic acids is 2. The van der Waals surface area contributed by atoms with E-state index < -0.39 is 0 Å². The van der Waals surface area contributed by atoms with Crippen LogP contribution in [0.4, 0.5) is 5.82 Å². The van der Waals surface area contributed by atoms with Crippen molar-refractivity contribution in [1.29, 1.82) is 0 Å². The Morgan fingerprint density at radius 1 is 1.11 bits per heavy atom. The highest BCUT2D eigenvalue weighted by Crippen LogP contribution is 2.25. The number of hydrogen-bond acceptors (Lipinski definition) is 8. The molecule has 1 saturated carbocycles. The van der Waals surface area contributed by atoms with Crippen LogP contribution in [0.1, 0.15) is 44.7 Å². The lowest BCUT2D eigenvalue weighted by Crippen LogP contribution is -2.33. The maximum Gasteiger partial charge on any atom is 0.251 e. The summed E-state index contributed by atoms with van der Waals surface area (Å²) < 4.78 is 7.28. The number of hydrogen-bond donors (Lipinski definition) is 4. The Bertz CT molecular complexity index is 1250. The second-order valence-electron chi connectivity index (χ2n) is 9.10. The van der Waals surface area contributed by atoms with Crippen LogP contribution >= 0.6 is 0 Å². The summed E-state index contributed by atoms with van der Waals surface area (Å²) in [6.45, 7) is 3.63. The maximum absolute atomic E-state index is 13.3. The molecule has 1 amide bonds. The molecule has 37 heavy (non-hydrogen) atoms. The minimum absolute atomic E-state index is 0.00340. The van der Waals surface area contributed by atoms with Crippen molar-refractivity contribution in [1.82, 2.24) is 20.0 Å². The predicted octanol–water partition coefficient (Wildman–Crippen LogP) is 1.55. The lowest BCUT2D eigenvalue weighted by Gasteiger charge is -2.20. The summed E-state index contributed by atoms with van der Waals surface area (Å²) in [7, 11) is 0.